The minimum absolute atomic E-state index is 0. The van der Waals surface area contributed by atoms with E-state index in [0.717, 1.165) is 36.3 Å². The van der Waals surface area contributed by atoms with Gasteiger partial charge in [0, 0.05) is 13.1 Å². The smallest absolute Gasteiger partial charge is 0.262 e. The van der Waals surface area contributed by atoms with Gasteiger partial charge < -0.3 is 10.2 Å². The number of imide groups is 1. The van der Waals surface area contributed by atoms with Crippen LogP contribution in [0.5, 0.6) is 0 Å². The van der Waals surface area contributed by atoms with Gasteiger partial charge in [-0.05, 0) is 64.8 Å². The fraction of sp³-hybridized carbons (Fsp3) is 0.550. The molecule has 3 rings (SSSR count). The van der Waals surface area contributed by atoms with E-state index in [1.165, 1.54) is 0 Å². The van der Waals surface area contributed by atoms with E-state index in [1.807, 2.05) is 20.0 Å². The first-order chi connectivity index (χ1) is 12.4. The third-order valence-corrected chi connectivity index (χ3v) is 5.55. The van der Waals surface area contributed by atoms with E-state index >= 15 is 0 Å². The Morgan fingerprint density at radius 2 is 1.81 bits per heavy atom. The molecule has 2 heterocycles. The van der Waals surface area contributed by atoms with E-state index in [-0.39, 0.29) is 30.1 Å². The molecule has 1 fully saturated rings. The summed E-state index contributed by atoms with van der Waals surface area (Å²) in [6.07, 6.45) is 3.06. The van der Waals surface area contributed by atoms with Crippen LogP contribution in [-0.2, 0) is 4.79 Å². The number of aryl methyl sites for hydroxylation is 1. The highest BCUT2D eigenvalue weighted by Gasteiger charge is 2.42. The zero-order chi connectivity index (χ0) is 18.8. The number of rotatable bonds is 5. The van der Waals surface area contributed by atoms with Crippen molar-refractivity contribution in [2.24, 2.45) is 5.92 Å². The number of halogens is 1. The first kappa shape index (κ1) is 21.4. The molecule has 0 aromatic heterocycles. The molecule has 6 nitrogen and oxygen atoms in total. The SMILES string of the molecule is CNCCC1CCN(C(=O)C(C)N2C(=O)c3ccc(C)cc3C2=O)CC1.Cl. The van der Waals surface area contributed by atoms with Crippen LogP contribution < -0.4 is 5.32 Å². The summed E-state index contributed by atoms with van der Waals surface area (Å²) in [5.74, 6) is -0.236. The molecule has 2 aliphatic heterocycles. The number of hydrogen-bond donors (Lipinski definition) is 1. The highest BCUT2D eigenvalue weighted by atomic mass is 35.5. The van der Waals surface area contributed by atoms with Crippen molar-refractivity contribution in [2.75, 3.05) is 26.7 Å². The fourth-order valence-electron chi connectivity index (χ4n) is 3.89. The molecule has 2 aliphatic rings. The Hall–Kier alpha value is -1.92. The number of fused-ring (bicyclic) bond motifs is 1. The molecule has 1 atom stereocenters. The zero-order valence-electron chi connectivity index (χ0n) is 16.2. The molecule has 1 N–H and O–H groups in total. The largest absolute Gasteiger partial charge is 0.341 e. The Morgan fingerprint density at radius 1 is 1.19 bits per heavy atom. The molecule has 7 heteroatoms. The van der Waals surface area contributed by atoms with Gasteiger partial charge in [0.2, 0.25) is 5.91 Å². The molecule has 1 aromatic carbocycles. The standard InChI is InChI=1S/C20H27N3O3.ClH/c1-13-4-5-16-17(12-13)20(26)23(19(16)25)14(2)18(24)22-10-7-15(8-11-22)6-9-21-3;/h4-5,12,14-15,21H,6-11H2,1-3H3;1H. The van der Waals surface area contributed by atoms with Crippen molar-refractivity contribution < 1.29 is 14.4 Å². The number of carbonyl (C=O) groups excluding carboxylic acids is 3. The summed E-state index contributed by atoms with van der Waals surface area (Å²) in [7, 11) is 1.95. The predicted octanol–water partition coefficient (Wildman–Crippen LogP) is 2.25. The monoisotopic (exact) mass is 393 g/mol. The molecular weight excluding hydrogens is 366 g/mol. The molecule has 0 spiro atoms. The molecule has 0 aliphatic carbocycles. The van der Waals surface area contributed by atoms with E-state index in [1.54, 1.807) is 24.0 Å². The van der Waals surface area contributed by atoms with Crippen LogP contribution in [0.25, 0.3) is 0 Å². The number of nitrogens with one attached hydrogen (secondary N) is 1. The number of piperidine rings is 1. The van der Waals surface area contributed by atoms with Crippen molar-refractivity contribution in [1.29, 1.82) is 0 Å². The maximum absolute atomic E-state index is 12.9. The highest BCUT2D eigenvalue weighted by molar-refractivity contribution is 6.22. The average Bonchev–Trinajstić information content (AvgIpc) is 2.89. The van der Waals surface area contributed by atoms with Gasteiger partial charge in [-0.15, -0.1) is 12.4 Å². The second-order valence-corrected chi connectivity index (χ2v) is 7.37. The molecule has 1 unspecified atom stereocenters. The number of likely N-dealkylation sites (tertiary alicyclic amines) is 1. The quantitative estimate of drug-likeness (QED) is 0.779. The van der Waals surface area contributed by atoms with Crippen molar-refractivity contribution in [3.8, 4) is 0 Å². The summed E-state index contributed by atoms with van der Waals surface area (Å²) in [6.45, 7) is 5.92. The summed E-state index contributed by atoms with van der Waals surface area (Å²) >= 11 is 0. The first-order valence-corrected chi connectivity index (χ1v) is 9.36. The van der Waals surface area contributed by atoms with Gasteiger partial charge in [0.25, 0.3) is 11.8 Å². The molecule has 0 bridgehead atoms. The van der Waals surface area contributed by atoms with Gasteiger partial charge in [-0.2, -0.15) is 0 Å². The number of nitrogens with zero attached hydrogens (tertiary/aromatic N) is 2. The average molecular weight is 394 g/mol. The molecule has 0 radical (unpaired) electrons. The fourth-order valence-corrected chi connectivity index (χ4v) is 3.89. The van der Waals surface area contributed by atoms with Crippen LogP contribution >= 0.6 is 12.4 Å². The summed E-state index contributed by atoms with van der Waals surface area (Å²) in [6, 6.07) is 4.45. The molecule has 0 saturated carbocycles. The van der Waals surface area contributed by atoms with Gasteiger partial charge in [-0.1, -0.05) is 11.6 Å². The highest BCUT2D eigenvalue weighted by Crippen LogP contribution is 2.27. The van der Waals surface area contributed by atoms with Crippen LogP contribution in [0.1, 0.15) is 52.5 Å². The van der Waals surface area contributed by atoms with Crippen LogP contribution in [-0.4, -0.2) is 60.2 Å². The van der Waals surface area contributed by atoms with Crippen LogP contribution in [0.15, 0.2) is 18.2 Å². The summed E-state index contributed by atoms with van der Waals surface area (Å²) < 4.78 is 0. The normalized spacial score (nSPS) is 18.3. The maximum Gasteiger partial charge on any atom is 0.262 e. The van der Waals surface area contributed by atoms with Gasteiger partial charge in [-0.3, -0.25) is 19.3 Å². The van der Waals surface area contributed by atoms with Crippen molar-refractivity contribution in [2.45, 2.75) is 39.2 Å². The lowest BCUT2D eigenvalue weighted by atomic mass is 9.93. The van der Waals surface area contributed by atoms with Crippen LogP contribution in [0, 0.1) is 12.8 Å². The Balaban J connectivity index is 0.00000261. The third-order valence-electron chi connectivity index (χ3n) is 5.55. The summed E-state index contributed by atoms with van der Waals surface area (Å²) in [5, 5.41) is 3.16. The van der Waals surface area contributed by atoms with Gasteiger partial charge in [-0.25, -0.2) is 0 Å². The van der Waals surface area contributed by atoms with Crippen LogP contribution in [0.3, 0.4) is 0 Å². The molecule has 148 valence electrons. The Labute approximate surface area is 166 Å². The number of amides is 3. The first-order valence-electron chi connectivity index (χ1n) is 9.36. The van der Waals surface area contributed by atoms with Gasteiger partial charge in [0.1, 0.15) is 6.04 Å². The second-order valence-electron chi connectivity index (χ2n) is 7.37. The van der Waals surface area contributed by atoms with Crippen LogP contribution in [0.4, 0.5) is 0 Å². The Morgan fingerprint density at radius 3 is 2.44 bits per heavy atom. The topological polar surface area (TPSA) is 69.7 Å². The maximum atomic E-state index is 12.9. The molecule has 3 amide bonds. The number of benzene rings is 1. The Bertz CT molecular complexity index is 729. The van der Waals surface area contributed by atoms with Crippen molar-refractivity contribution in [3.63, 3.8) is 0 Å². The zero-order valence-corrected chi connectivity index (χ0v) is 17.0. The van der Waals surface area contributed by atoms with E-state index in [9.17, 15) is 14.4 Å². The van der Waals surface area contributed by atoms with Crippen molar-refractivity contribution in [3.05, 3.63) is 34.9 Å². The van der Waals surface area contributed by atoms with Gasteiger partial charge in [0.15, 0.2) is 0 Å². The van der Waals surface area contributed by atoms with Crippen molar-refractivity contribution in [1.82, 2.24) is 15.1 Å². The van der Waals surface area contributed by atoms with E-state index in [4.69, 9.17) is 0 Å². The molecule has 27 heavy (non-hydrogen) atoms. The third kappa shape index (κ3) is 4.17. The van der Waals surface area contributed by atoms with E-state index < -0.39 is 6.04 Å². The minimum atomic E-state index is -0.767. The summed E-state index contributed by atoms with van der Waals surface area (Å²) in [4.78, 5) is 41.1. The minimum Gasteiger partial charge on any atom is -0.341 e. The molecular formula is C20H28ClN3O3. The lowest BCUT2D eigenvalue weighted by Gasteiger charge is -2.35. The van der Waals surface area contributed by atoms with E-state index in [2.05, 4.69) is 5.32 Å². The van der Waals surface area contributed by atoms with Crippen molar-refractivity contribution >= 4 is 30.1 Å². The predicted molar refractivity (Wildman–Crippen MR) is 106 cm³/mol. The molecule has 1 aromatic rings. The van der Waals surface area contributed by atoms with E-state index in [0.29, 0.717) is 30.1 Å². The molecule has 1 saturated heterocycles. The van der Waals surface area contributed by atoms with Gasteiger partial charge >= 0.3 is 0 Å². The lowest BCUT2D eigenvalue weighted by Crippen LogP contribution is -2.51. The Kier molecular flexibility index (Phi) is 7.00. The number of hydrogen-bond acceptors (Lipinski definition) is 4. The lowest BCUT2D eigenvalue weighted by molar-refractivity contribution is -0.136. The van der Waals surface area contributed by atoms with Crippen LogP contribution in [0.2, 0.25) is 0 Å². The second kappa shape index (κ2) is 8.85. The number of carbonyl (C=O) groups is 3. The van der Waals surface area contributed by atoms with Gasteiger partial charge in [0.05, 0.1) is 11.1 Å². The summed E-state index contributed by atoms with van der Waals surface area (Å²) in [5.41, 5.74) is 1.72.